The molecule has 0 radical (unpaired) electrons. The van der Waals surface area contributed by atoms with Crippen molar-refractivity contribution in [3.63, 3.8) is 0 Å². The third kappa shape index (κ3) is 11.5. The van der Waals surface area contributed by atoms with Gasteiger partial charge in [0, 0.05) is 35.5 Å². The van der Waals surface area contributed by atoms with Crippen molar-refractivity contribution in [2.75, 3.05) is 6.61 Å². The van der Waals surface area contributed by atoms with Crippen LogP contribution in [0.5, 0.6) is 5.75 Å². The molecule has 266 valence electrons. The third-order valence-corrected chi connectivity index (χ3v) is 8.71. The molecule has 2 amide bonds. The molecular formula is C41H52N4O5. The molecule has 0 fully saturated rings. The number of hydrogen-bond donors (Lipinski definition) is 4. The fraction of sp³-hybridized carbons (Fsp3) is 0.415. The Morgan fingerprint density at radius 3 is 1.96 bits per heavy atom. The van der Waals surface area contributed by atoms with Crippen LogP contribution in [0.3, 0.4) is 0 Å². The predicted molar refractivity (Wildman–Crippen MR) is 198 cm³/mol. The van der Waals surface area contributed by atoms with Gasteiger partial charge < -0.3 is 25.6 Å². The SMILES string of the molecule is CCCCCCCCOc1ccc(-c2cnc(-c3ccc(CC(NC(=O)c4ccc(C(C)(C)C)cc4)C(=O)NC(C)C(O)O)cc3)nc2)cc1. The van der Waals surface area contributed by atoms with Gasteiger partial charge in [-0.1, -0.05) is 108 Å². The minimum Gasteiger partial charge on any atom is -0.494 e. The fourth-order valence-electron chi connectivity index (χ4n) is 5.44. The maximum Gasteiger partial charge on any atom is 0.251 e. The Bertz CT molecular complexity index is 1630. The van der Waals surface area contributed by atoms with Crippen LogP contribution in [0.25, 0.3) is 22.5 Å². The van der Waals surface area contributed by atoms with E-state index in [-0.39, 0.29) is 11.8 Å². The van der Waals surface area contributed by atoms with E-state index in [4.69, 9.17) is 4.74 Å². The lowest BCUT2D eigenvalue weighted by Gasteiger charge is -2.23. The van der Waals surface area contributed by atoms with E-state index >= 15 is 0 Å². The minimum absolute atomic E-state index is 0.0631. The molecule has 1 heterocycles. The van der Waals surface area contributed by atoms with Gasteiger partial charge >= 0.3 is 0 Å². The molecule has 0 spiro atoms. The van der Waals surface area contributed by atoms with Gasteiger partial charge in [-0.15, -0.1) is 0 Å². The number of aromatic nitrogens is 2. The van der Waals surface area contributed by atoms with Crippen LogP contribution in [0.1, 0.15) is 94.6 Å². The molecule has 0 saturated heterocycles. The van der Waals surface area contributed by atoms with E-state index in [1.54, 1.807) is 24.5 Å². The summed E-state index contributed by atoms with van der Waals surface area (Å²) >= 11 is 0. The zero-order valence-corrected chi connectivity index (χ0v) is 30.0. The maximum absolute atomic E-state index is 13.2. The Hall–Kier alpha value is -4.60. The van der Waals surface area contributed by atoms with Crippen molar-refractivity contribution < 1.29 is 24.5 Å². The smallest absolute Gasteiger partial charge is 0.251 e. The summed E-state index contributed by atoms with van der Waals surface area (Å²) in [5, 5.41) is 24.5. The second kappa shape index (κ2) is 18.4. The number of nitrogens with one attached hydrogen (secondary N) is 2. The predicted octanol–water partition coefficient (Wildman–Crippen LogP) is 7.00. The average molecular weight is 681 g/mol. The maximum atomic E-state index is 13.2. The molecule has 0 bridgehead atoms. The van der Waals surface area contributed by atoms with Crippen molar-refractivity contribution in [1.29, 1.82) is 0 Å². The zero-order chi connectivity index (χ0) is 36.1. The summed E-state index contributed by atoms with van der Waals surface area (Å²) < 4.78 is 5.91. The van der Waals surface area contributed by atoms with Crippen LogP contribution in [-0.4, -0.2) is 57.0 Å². The summed E-state index contributed by atoms with van der Waals surface area (Å²) in [4.78, 5) is 35.6. The number of benzene rings is 3. The van der Waals surface area contributed by atoms with E-state index in [0.29, 0.717) is 11.4 Å². The van der Waals surface area contributed by atoms with Crippen LogP contribution in [0.2, 0.25) is 0 Å². The van der Waals surface area contributed by atoms with E-state index < -0.39 is 30.2 Å². The number of carbonyl (C=O) groups excluding carboxylic acids is 2. The second-order valence-corrected chi connectivity index (χ2v) is 13.9. The number of aliphatic hydroxyl groups is 2. The molecule has 9 heteroatoms. The average Bonchev–Trinajstić information content (AvgIpc) is 3.11. The van der Waals surface area contributed by atoms with Gasteiger partial charge in [-0.2, -0.15) is 0 Å². The van der Waals surface area contributed by atoms with E-state index in [1.165, 1.54) is 39.0 Å². The highest BCUT2D eigenvalue weighted by atomic mass is 16.5. The highest BCUT2D eigenvalue weighted by molar-refractivity contribution is 5.97. The number of hydrogen-bond acceptors (Lipinski definition) is 7. The highest BCUT2D eigenvalue weighted by Gasteiger charge is 2.25. The summed E-state index contributed by atoms with van der Waals surface area (Å²) in [6.07, 6.45) is 9.42. The first-order valence-corrected chi connectivity index (χ1v) is 17.7. The summed E-state index contributed by atoms with van der Waals surface area (Å²) in [5.41, 5.74) is 4.95. The first-order valence-electron chi connectivity index (χ1n) is 17.7. The van der Waals surface area contributed by atoms with Crippen LogP contribution in [0.15, 0.2) is 85.2 Å². The van der Waals surface area contributed by atoms with Crippen LogP contribution < -0.4 is 15.4 Å². The van der Waals surface area contributed by atoms with Gasteiger partial charge in [0.05, 0.1) is 12.6 Å². The number of aliphatic hydroxyl groups excluding tert-OH is 1. The molecule has 2 atom stereocenters. The van der Waals surface area contributed by atoms with Gasteiger partial charge in [0.15, 0.2) is 12.1 Å². The van der Waals surface area contributed by atoms with Crippen molar-refractivity contribution in [3.05, 3.63) is 102 Å². The number of nitrogens with zero attached hydrogens (tertiary/aromatic N) is 2. The van der Waals surface area contributed by atoms with Crippen LogP contribution >= 0.6 is 0 Å². The number of amides is 2. The van der Waals surface area contributed by atoms with Crippen LogP contribution in [0.4, 0.5) is 0 Å². The molecule has 0 saturated carbocycles. The lowest BCUT2D eigenvalue weighted by atomic mass is 9.86. The third-order valence-electron chi connectivity index (χ3n) is 8.71. The van der Waals surface area contributed by atoms with Gasteiger partial charge in [0.2, 0.25) is 5.91 Å². The van der Waals surface area contributed by atoms with Crippen LogP contribution in [0, 0.1) is 0 Å². The molecule has 4 rings (SSSR count). The lowest BCUT2D eigenvalue weighted by molar-refractivity contribution is -0.128. The van der Waals surface area contributed by atoms with Gasteiger partial charge in [-0.3, -0.25) is 9.59 Å². The molecule has 3 aromatic carbocycles. The van der Waals surface area contributed by atoms with E-state index in [1.807, 2.05) is 60.7 Å². The normalized spacial score (nSPS) is 12.7. The van der Waals surface area contributed by atoms with Crippen molar-refractivity contribution in [2.24, 2.45) is 0 Å². The Morgan fingerprint density at radius 2 is 1.36 bits per heavy atom. The summed E-state index contributed by atoms with van der Waals surface area (Å²) in [6.45, 7) is 10.7. The quantitative estimate of drug-likeness (QED) is 0.0697. The van der Waals surface area contributed by atoms with Gasteiger partial charge in [-0.25, -0.2) is 9.97 Å². The molecule has 4 aromatic rings. The Kier molecular flexibility index (Phi) is 14.1. The highest BCUT2D eigenvalue weighted by Crippen LogP contribution is 2.25. The Morgan fingerprint density at radius 1 is 0.760 bits per heavy atom. The first-order chi connectivity index (χ1) is 23.9. The van der Waals surface area contributed by atoms with Crippen molar-refractivity contribution in [2.45, 2.75) is 103 Å². The number of rotatable bonds is 17. The molecule has 9 nitrogen and oxygen atoms in total. The monoisotopic (exact) mass is 680 g/mol. The van der Waals surface area contributed by atoms with Crippen molar-refractivity contribution in [1.82, 2.24) is 20.6 Å². The van der Waals surface area contributed by atoms with Gasteiger partial charge in [-0.05, 0) is 59.7 Å². The zero-order valence-electron chi connectivity index (χ0n) is 30.0. The molecule has 0 aliphatic rings. The summed E-state index contributed by atoms with van der Waals surface area (Å²) in [6, 6.07) is 20.9. The van der Waals surface area contributed by atoms with Gasteiger partial charge in [0.1, 0.15) is 11.8 Å². The van der Waals surface area contributed by atoms with E-state index in [9.17, 15) is 19.8 Å². The molecule has 0 aliphatic carbocycles. The largest absolute Gasteiger partial charge is 0.494 e. The van der Waals surface area contributed by atoms with Crippen molar-refractivity contribution >= 4 is 11.8 Å². The lowest BCUT2D eigenvalue weighted by Crippen LogP contribution is -2.52. The number of carbonyl (C=O) groups is 2. The molecule has 0 aliphatic heterocycles. The first kappa shape index (κ1) is 38.2. The summed E-state index contributed by atoms with van der Waals surface area (Å²) in [5.74, 6) is 0.495. The van der Waals surface area contributed by atoms with Crippen molar-refractivity contribution in [3.8, 4) is 28.3 Å². The number of ether oxygens (including phenoxy) is 1. The molecule has 4 N–H and O–H groups in total. The molecular weight excluding hydrogens is 628 g/mol. The molecule has 50 heavy (non-hydrogen) atoms. The molecule has 2 unspecified atom stereocenters. The fourth-order valence-corrected chi connectivity index (χ4v) is 5.44. The van der Waals surface area contributed by atoms with Gasteiger partial charge in [0.25, 0.3) is 5.91 Å². The summed E-state index contributed by atoms with van der Waals surface area (Å²) in [7, 11) is 0. The molecule has 1 aromatic heterocycles. The Labute approximate surface area is 296 Å². The second-order valence-electron chi connectivity index (χ2n) is 13.9. The number of unbranched alkanes of at least 4 members (excludes halogenated alkanes) is 5. The topological polar surface area (TPSA) is 134 Å². The van der Waals surface area contributed by atoms with Crippen LogP contribution in [-0.2, 0) is 16.6 Å². The van der Waals surface area contributed by atoms with E-state index in [0.717, 1.165) is 46.6 Å². The Balaban J connectivity index is 1.38. The van der Waals surface area contributed by atoms with E-state index in [2.05, 4.69) is 48.3 Å². The minimum atomic E-state index is -1.74. The standard InChI is InChI=1S/C41H52N4O5/c1-6-7-8-9-10-11-24-50-35-22-18-30(19-23-35)33-26-42-37(43-27-33)31-14-12-29(13-15-31)25-36(39(47)44-28(2)40(48)49)45-38(46)32-16-20-34(21-17-32)41(3,4)5/h12-23,26-28,36,40,48-49H,6-11,24-25H2,1-5H3,(H,44,47)(H,45,46).